The predicted octanol–water partition coefficient (Wildman–Crippen LogP) is 3.23. The standard InChI is InChI=1S/C14H21N/c1-12-5-7-14(8-6-12)11-15-9-3-4-13(2)10-15/h5-8,13H,3-4,9-11H2,1-2H3/t13-/m1/s1. The maximum Gasteiger partial charge on any atom is 0.0233 e. The maximum absolute atomic E-state index is 2.58. The Morgan fingerprint density at radius 2 is 2.00 bits per heavy atom. The van der Waals surface area contributed by atoms with E-state index in [4.69, 9.17) is 0 Å². The van der Waals surface area contributed by atoms with Gasteiger partial charge in [0, 0.05) is 13.1 Å². The summed E-state index contributed by atoms with van der Waals surface area (Å²) in [5.74, 6) is 0.879. The number of hydrogen-bond donors (Lipinski definition) is 0. The van der Waals surface area contributed by atoms with Crippen LogP contribution in [0, 0.1) is 12.8 Å². The summed E-state index contributed by atoms with van der Waals surface area (Å²) in [5, 5.41) is 0. The van der Waals surface area contributed by atoms with Crippen LogP contribution in [0.2, 0.25) is 0 Å². The number of likely N-dealkylation sites (tertiary alicyclic amines) is 1. The molecule has 1 aromatic rings. The first kappa shape index (κ1) is 10.7. The van der Waals surface area contributed by atoms with Gasteiger partial charge in [0.15, 0.2) is 0 Å². The molecule has 0 amide bonds. The molecular formula is C14H21N. The number of hydrogen-bond acceptors (Lipinski definition) is 1. The van der Waals surface area contributed by atoms with Crippen LogP contribution in [-0.2, 0) is 6.54 Å². The highest BCUT2D eigenvalue weighted by Crippen LogP contribution is 2.17. The van der Waals surface area contributed by atoms with Crippen LogP contribution >= 0.6 is 0 Å². The van der Waals surface area contributed by atoms with E-state index in [-0.39, 0.29) is 0 Å². The molecule has 1 atom stereocenters. The minimum atomic E-state index is 0.879. The molecule has 0 saturated carbocycles. The van der Waals surface area contributed by atoms with Crippen LogP contribution in [0.15, 0.2) is 24.3 Å². The van der Waals surface area contributed by atoms with Crippen molar-refractivity contribution in [2.24, 2.45) is 5.92 Å². The molecule has 0 aromatic heterocycles. The topological polar surface area (TPSA) is 3.24 Å². The van der Waals surface area contributed by atoms with Crippen molar-refractivity contribution >= 4 is 0 Å². The fourth-order valence-corrected chi connectivity index (χ4v) is 2.38. The molecule has 1 aliphatic heterocycles. The van der Waals surface area contributed by atoms with Gasteiger partial charge in [0.05, 0.1) is 0 Å². The van der Waals surface area contributed by atoms with Gasteiger partial charge >= 0.3 is 0 Å². The summed E-state index contributed by atoms with van der Waals surface area (Å²) < 4.78 is 0. The van der Waals surface area contributed by atoms with E-state index in [1.807, 2.05) is 0 Å². The Balaban J connectivity index is 1.93. The summed E-state index contributed by atoms with van der Waals surface area (Å²) in [6, 6.07) is 8.94. The van der Waals surface area contributed by atoms with Gasteiger partial charge in [-0.2, -0.15) is 0 Å². The monoisotopic (exact) mass is 203 g/mol. The fourth-order valence-electron chi connectivity index (χ4n) is 2.38. The number of benzene rings is 1. The van der Waals surface area contributed by atoms with Crippen molar-refractivity contribution in [3.8, 4) is 0 Å². The average molecular weight is 203 g/mol. The minimum absolute atomic E-state index is 0.879. The molecule has 82 valence electrons. The highest BCUT2D eigenvalue weighted by atomic mass is 15.1. The van der Waals surface area contributed by atoms with Crippen LogP contribution < -0.4 is 0 Å². The van der Waals surface area contributed by atoms with Gasteiger partial charge in [-0.3, -0.25) is 4.90 Å². The third-order valence-electron chi connectivity index (χ3n) is 3.27. The van der Waals surface area contributed by atoms with E-state index in [1.54, 1.807) is 0 Å². The zero-order chi connectivity index (χ0) is 10.7. The highest BCUT2D eigenvalue weighted by Gasteiger charge is 2.15. The fraction of sp³-hybridized carbons (Fsp3) is 0.571. The van der Waals surface area contributed by atoms with E-state index in [0.717, 1.165) is 12.5 Å². The van der Waals surface area contributed by atoms with Crippen LogP contribution in [0.4, 0.5) is 0 Å². The Morgan fingerprint density at radius 1 is 1.27 bits per heavy atom. The second-order valence-corrected chi connectivity index (χ2v) is 4.97. The summed E-state index contributed by atoms with van der Waals surface area (Å²) in [6.07, 6.45) is 2.78. The molecule has 0 N–H and O–H groups in total. The molecule has 0 radical (unpaired) electrons. The molecule has 1 aromatic carbocycles. The third-order valence-corrected chi connectivity index (χ3v) is 3.27. The lowest BCUT2D eigenvalue weighted by atomic mass is 10.00. The van der Waals surface area contributed by atoms with Gasteiger partial charge < -0.3 is 0 Å². The first-order valence-corrected chi connectivity index (χ1v) is 6.02. The lowest BCUT2D eigenvalue weighted by Gasteiger charge is -2.30. The van der Waals surface area contributed by atoms with Crippen molar-refractivity contribution < 1.29 is 0 Å². The Morgan fingerprint density at radius 3 is 2.67 bits per heavy atom. The van der Waals surface area contributed by atoms with Crippen LogP contribution in [0.25, 0.3) is 0 Å². The lowest BCUT2D eigenvalue weighted by Crippen LogP contribution is -2.33. The van der Waals surface area contributed by atoms with Crippen molar-refractivity contribution in [1.82, 2.24) is 4.90 Å². The number of piperidine rings is 1. The van der Waals surface area contributed by atoms with Crippen LogP contribution in [0.3, 0.4) is 0 Å². The normalized spacial score (nSPS) is 22.9. The number of rotatable bonds is 2. The van der Waals surface area contributed by atoms with Crippen molar-refractivity contribution in [2.45, 2.75) is 33.2 Å². The largest absolute Gasteiger partial charge is 0.299 e. The molecule has 0 unspecified atom stereocenters. The molecule has 1 saturated heterocycles. The molecule has 15 heavy (non-hydrogen) atoms. The van der Waals surface area contributed by atoms with E-state index in [2.05, 4.69) is 43.0 Å². The summed E-state index contributed by atoms with van der Waals surface area (Å²) >= 11 is 0. The lowest BCUT2D eigenvalue weighted by molar-refractivity contribution is 0.176. The average Bonchev–Trinajstić information content (AvgIpc) is 2.22. The second-order valence-electron chi connectivity index (χ2n) is 4.97. The van der Waals surface area contributed by atoms with E-state index in [1.165, 1.54) is 37.1 Å². The van der Waals surface area contributed by atoms with E-state index in [0.29, 0.717) is 0 Å². The molecule has 2 rings (SSSR count). The minimum Gasteiger partial charge on any atom is -0.299 e. The molecule has 0 spiro atoms. The van der Waals surface area contributed by atoms with Gasteiger partial charge in [0.25, 0.3) is 0 Å². The summed E-state index contributed by atoms with van der Waals surface area (Å²) in [4.78, 5) is 2.58. The molecule has 1 aliphatic rings. The molecular weight excluding hydrogens is 182 g/mol. The summed E-state index contributed by atoms with van der Waals surface area (Å²) in [7, 11) is 0. The Hall–Kier alpha value is -0.820. The van der Waals surface area contributed by atoms with Crippen molar-refractivity contribution in [1.29, 1.82) is 0 Å². The predicted molar refractivity (Wildman–Crippen MR) is 64.9 cm³/mol. The number of nitrogens with zero attached hydrogens (tertiary/aromatic N) is 1. The van der Waals surface area contributed by atoms with E-state index >= 15 is 0 Å². The van der Waals surface area contributed by atoms with Crippen LogP contribution in [0.5, 0.6) is 0 Å². The first-order valence-electron chi connectivity index (χ1n) is 6.02. The zero-order valence-electron chi connectivity index (χ0n) is 9.87. The molecule has 1 heterocycles. The van der Waals surface area contributed by atoms with Gasteiger partial charge in [-0.05, 0) is 37.8 Å². The maximum atomic E-state index is 2.58. The molecule has 1 heteroatoms. The van der Waals surface area contributed by atoms with Crippen molar-refractivity contribution in [3.63, 3.8) is 0 Å². The quantitative estimate of drug-likeness (QED) is 0.713. The van der Waals surface area contributed by atoms with Gasteiger partial charge in [-0.15, -0.1) is 0 Å². The Labute approximate surface area is 93.1 Å². The van der Waals surface area contributed by atoms with Gasteiger partial charge in [0.2, 0.25) is 0 Å². The van der Waals surface area contributed by atoms with Gasteiger partial charge in [0.1, 0.15) is 0 Å². The third kappa shape index (κ3) is 3.07. The van der Waals surface area contributed by atoms with Gasteiger partial charge in [-0.25, -0.2) is 0 Å². The number of aryl methyl sites for hydroxylation is 1. The smallest absolute Gasteiger partial charge is 0.0233 e. The van der Waals surface area contributed by atoms with Crippen molar-refractivity contribution in [3.05, 3.63) is 35.4 Å². The first-order chi connectivity index (χ1) is 7.24. The van der Waals surface area contributed by atoms with E-state index < -0.39 is 0 Å². The molecule has 1 fully saturated rings. The summed E-state index contributed by atoms with van der Waals surface area (Å²) in [6.45, 7) is 8.19. The SMILES string of the molecule is Cc1ccc(CN2CCC[C@@H](C)C2)cc1. The van der Waals surface area contributed by atoms with Gasteiger partial charge in [-0.1, -0.05) is 36.8 Å². The summed E-state index contributed by atoms with van der Waals surface area (Å²) in [5.41, 5.74) is 2.81. The highest BCUT2D eigenvalue weighted by molar-refractivity contribution is 5.21. The molecule has 1 nitrogen and oxygen atoms in total. The van der Waals surface area contributed by atoms with E-state index in [9.17, 15) is 0 Å². The Kier molecular flexibility index (Phi) is 3.42. The van der Waals surface area contributed by atoms with Crippen LogP contribution in [0.1, 0.15) is 30.9 Å². The zero-order valence-corrected chi connectivity index (χ0v) is 9.87. The molecule has 0 bridgehead atoms. The van der Waals surface area contributed by atoms with Crippen LogP contribution in [-0.4, -0.2) is 18.0 Å². The second kappa shape index (κ2) is 4.80. The molecule has 0 aliphatic carbocycles. The Bertz CT molecular complexity index is 302. The van der Waals surface area contributed by atoms with Crippen molar-refractivity contribution in [2.75, 3.05) is 13.1 Å².